The molecule has 4 unspecified atom stereocenters. The first-order valence-electron chi connectivity index (χ1n) is 14.0. The van der Waals surface area contributed by atoms with Crippen LogP contribution in [0.25, 0.3) is 0 Å². The van der Waals surface area contributed by atoms with Crippen molar-refractivity contribution < 1.29 is 29.4 Å². The molecule has 37 heavy (non-hydrogen) atoms. The number of hydrogen-bond acceptors (Lipinski definition) is 6. The molecule has 4 aliphatic carbocycles. The predicted molar refractivity (Wildman–Crippen MR) is 140 cm³/mol. The van der Waals surface area contributed by atoms with E-state index in [1.54, 1.807) is 6.92 Å². The number of carbonyl (C=O) groups excluding carboxylic acids is 2. The minimum atomic E-state index is -1.19. The lowest BCUT2D eigenvalue weighted by Crippen LogP contribution is -2.57. The first-order chi connectivity index (χ1) is 17.3. The molecule has 7 atom stereocenters. The fourth-order valence-corrected chi connectivity index (χ4v) is 8.34. The minimum Gasteiger partial charge on any atom is -0.480 e. The number of oxime groups is 1. The van der Waals surface area contributed by atoms with E-state index in [2.05, 4.69) is 30.4 Å². The van der Waals surface area contributed by atoms with Crippen molar-refractivity contribution in [2.45, 2.75) is 104 Å². The summed E-state index contributed by atoms with van der Waals surface area (Å²) in [6.07, 6.45) is 9.66. The minimum absolute atomic E-state index is 0.0725. The molecule has 0 aromatic carbocycles. The predicted octanol–water partition coefficient (Wildman–Crippen LogP) is 4.26. The van der Waals surface area contributed by atoms with E-state index in [1.807, 2.05) is 13.8 Å². The average molecular weight is 517 g/mol. The SMILES string of the molecule is CC(=O)[C@@]1(O)CCC2C3CCC4=CC(=NOCC(=O)NC(CC(C)C)C(=O)O)CC[C@]4(C)C3CC[C@@]21C. The van der Waals surface area contributed by atoms with Gasteiger partial charge < -0.3 is 20.4 Å². The summed E-state index contributed by atoms with van der Waals surface area (Å²) in [7, 11) is 0. The van der Waals surface area contributed by atoms with Crippen molar-refractivity contribution in [2.75, 3.05) is 6.61 Å². The highest BCUT2D eigenvalue weighted by Gasteiger charge is 2.65. The molecule has 0 bridgehead atoms. The normalized spacial score (nSPS) is 38.7. The average Bonchev–Trinajstić information content (AvgIpc) is 3.10. The number of carboxylic acid groups (broad SMARTS) is 1. The van der Waals surface area contributed by atoms with Gasteiger partial charge in [0.2, 0.25) is 0 Å². The lowest BCUT2D eigenvalue weighted by atomic mass is 9.46. The highest BCUT2D eigenvalue weighted by Crippen LogP contribution is 2.67. The summed E-state index contributed by atoms with van der Waals surface area (Å²) in [6.45, 7) is 9.58. The maximum absolute atomic E-state index is 12.4. The zero-order chi connectivity index (χ0) is 27.2. The molecule has 0 aromatic rings. The molecule has 4 aliphatic rings. The Hall–Kier alpha value is -2.22. The van der Waals surface area contributed by atoms with Crippen molar-refractivity contribution in [1.82, 2.24) is 5.32 Å². The van der Waals surface area contributed by atoms with Gasteiger partial charge in [0.05, 0.1) is 5.71 Å². The van der Waals surface area contributed by atoms with Gasteiger partial charge in [0.25, 0.3) is 5.91 Å². The second-order valence-corrected chi connectivity index (χ2v) is 12.9. The van der Waals surface area contributed by atoms with Gasteiger partial charge in [-0.15, -0.1) is 0 Å². The molecular weight excluding hydrogens is 472 g/mol. The summed E-state index contributed by atoms with van der Waals surface area (Å²) >= 11 is 0. The van der Waals surface area contributed by atoms with Crippen LogP contribution in [0.2, 0.25) is 0 Å². The number of nitrogens with zero attached hydrogens (tertiary/aromatic N) is 1. The van der Waals surface area contributed by atoms with Crippen molar-refractivity contribution in [3.05, 3.63) is 11.6 Å². The highest BCUT2D eigenvalue weighted by atomic mass is 16.6. The molecule has 0 radical (unpaired) electrons. The number of amides is 1. The number of fused-ring (bicyclic) bond motifs is 5. The van der Waals surface area contributed by atoms with E-state index in [0.717, 1.165) is 50.7 Å². The van der Waals surface area contributed by atoms with Crippen LogP contribution >= 0.6 is 0 Å². The summed E-state index contributed by atoms with van der Waals surface area (Å²) in [5.74, 6) is -0.0502. The van der Waals surface area contributed by atoms with Gasteiger partial charge in [-0.1, -0.05) is 38.4 Å². The number of carboxylic acids is 1. The number of nitrogens with one attached hydrogen (secondary N) is 1. The van der Waals surface area contributed by atoms with E-state index < -0.39 is 23.5 Å². The lowest BCUT2D eigenvalue weighted by molar-refractivity contribution is -0.159. The Bertz CT molecular complexity index is 1000. The number of carbonyl (C=O) groups is 3. The molecule has 0 spiro atoms. The van der Waals surface area contributed by atoms with Crippen LogP contribution in [0.5, 0.6) is 0 Å². The molecule has 0 heterocycles. The zero-order valence-corrected chi connectivity index (χ0v) is 23.0. The second kappa shape index (κ2) is 10.2. The van der Waals surface area contributed by atoms with Crippen LogP contribution in [0.4, 0.5) is 0 Å². The summed E-state index contributed by atoms with van der Waals surface area (Å²) in [6, 6.07) is -0.930. The molecule has 3 fully saturated rings. The third-order valence-corrected chi connectivity index (χ3v) is 10.4. The molecule has 0 saturated heterocycles. The smallest absolute Gasteiger partial charge is 0.326 e. The van der Waals surface area contributed by atoms with Crippen molar-refractivity contribution in [3.63, 3.8) is 0 Å². The number of hydrogen-bond donors (Lipinski definition) is 3. The molecular formula is C29H44N2O6. The fraction of sp³-hybridized carbons (Fsp3) is 0.793. The summed E-state index contributed by atoms with van der Waals surface area (Å²) in [5, 5.41) is 27.4. The molecule has 0 aliphatic heterocycles. The Morgan fingerprint density at radius 1 is 1.11 bits per heavy atom. The molecule has 4 rings (SSSR count). The number of allylic oxidation sites excluding steroid dienone is 2. The Morgan fingerprint density at radius 2 is 1.81 bits per heavy atom. The Morgan fingerprint density at radius 3 is 2.46 bits per heavy atom. The third-order valence-electron chi connectivity index (χ3n) is 10.4. The number of Topliss-reactive ketones (excluding diaryl/α,β-unsaturated/α-hetero) is 1. The monoisotopic (exact) mass is 516 g/mol. The van der Waals surface area contributed by atoms with E-state index in [1.165, 1.54) is 5.57 Å². The van der Waals surface area contributed by atoms with Gasteiger partial charge in [0.1, 0.15) is 11.6 Å². The first kappa shape index (κ1) is 27.8. The molecule has 8 heteroatoms. The van der Waals surface area contributed by atoms with E-state index in [-0.39, 0.29) is 29.1 Å². The second-order valence-electron chi connectivity index (χ2n) is 12.9. The van der Waals surface area contributed by atoms with Crippen molar-refractivity contribution in [1.29, 1.82) is 0 Å². The largest absolute Gasteiger partial charge is 0.480 e. The van der Waals surface area contributed by atoms with Crippen molar-refractivity contribution in [3.8, 4) is 0 Å². The highest BCUT2D eigenvalue weighted by molar-refractivity contribution is 5.96. The molecule has 8 nitrogen and oxygen atoms in total. The van der Waals surface area contributed by atoms with E-state index in [4.69, 9.17) is 4.84 Å². The number of aliphatic carboxylic acids is 1. The molecule has 3 N–H and O–H groups in total. The summed E-state index contributed by atoms with van der Waals surface area (Å²) in [5.41, 5.74) is 0.765. The quantitative estimate of drug-likeness (QED) is 0.414. The first-order valence-corrected chi connectivity index (χ1v) is 14.0. The number of ketones is 1. The summed E-state index contributed by atoms with van der Waals surface area (Å²) < 4.78 is 0. The van der Waals surface area contributed by atoms with E-state index in [9.17, 15) is 24.6 Å². The standard InChI is InChI=1S/C29H44N2O6/c1-17(2)14-24(26(34)35)30-25(33)16-37-31-20-8-11-27(4)19(15-20)6-7-21-22(27)9-12-28(5)23(21)10-13-29(28,36)18(3)32/h15,17,21-24,36H,6-14,16H2,1-5H3,(H,30,33)(H,34,35)/t21?,22?,23?,24?,27-,28-,29-/m0/s1. The van der Waals surface area contributed by atoms with Crippen LogP contribution in [-0.4, -0.2) is 51.8 Å². The Labute approximate surface area is 220 Å². The molecule has 3 saturated carbocycles. The van der Waals surface area contributed by atoms with Gasteiger partial charge in [-0.25, -0.2) is 4.79 Å². The molecule has 0 aromatic heterocycles. The van der Waals surface area contributed by atoms with Gasteiger partial charge in [-0.3, -0.25) is 9.59 Å². The van der Waals surface area contributed by atoms with Crippen LogP contribution in [0.15, 0.2) is 16.8 Å². The van der Waals surface area contributed by atoms with Gasteiger partial charge >= 0.3 is 5.97 Å². The van der Waals surface area contributed by atoms with E-state index >= 15 is 0 Å². The maximum atomic E-state index is 12.4. The van der Waals surface area contributed by atoms with Crippen molar-refractivity contribution >= 4 is 23.4 Å². The maximum Gasteiger partial charge on any atom is 0.326 e. The zero-order valence-electron chi connectivity index (χ0n) is 23.0. The Balaban J connectivity index is 1.40. The number of aliphatic hydroxyl groups is 1. The van der Waals surface area contributed by atoms with Gasteiger partial charge in [0.15, 0.2) is 12.4 Å². The van der Waals surface area contributed by atoms with Gasteiger partial charge in [-0.05, 0) is 99.9 Å². The molecule has 1 amide bonds. The summed E-state index contributed by atoms with van der Waals surface area (Å²) in [4.78, 5) is 41.3. The number of rotatable bonds is 8. The van der Waals surface area contributed by atoms with Crippen LogP contribution < -0.4 is 5.32 Å². The van der Waals surface area contributed by atoms with Crippen molar-refractivity contribution in [2.24, 2.45) is 39.7 Å². The third kappa shape index (κ3) is 4.86. The topological polar surface area (TPSA) is 125 Å². The van der Waals surface area contributed by atoms with E-state index in [0.29, 0.717) is 30.6 Å². The fourth-order valence-electron chi connectivity index (χ4n) is 8.34. The van der Waals surface area contributed by atoms with Gasteiger partial charge in [0, 0.05) is 5.41 Å². The lowest BCUT2D eigenvalue weighted by Gasteiger charge is -2.59. The van der Waals surface area contributed by atoms with Gasteiger partial charge in [-0.2, -0.15) is 0 Å². The van der Waals surface area contributed by atoms with Crippen LogP contribution in [0.3, 0.4) is 0 Å². The van der Waals surface area contributed by atoms with Crippen LogP contribution in [0, 0.1) is 34.5 Å². The Kier molecular flexibility index (Phi) is 7.63. The molecule has 206 valence electrons. The van der Waals surface area contributed by atoms with Crippen LogP contribution in [0.1, 0.15) is 92.4 Å². The van der Waals surface area contributed by atoms with Crippen LogP contribution in [-0.2, 0) is 19.2 Å².